The lowest BCUT2D eigenvalue weighted by Crippen LogP contribution is -2.36. The molecule has 0 bridgehead atoms. The average Bonchev–Trinajstić information content (AvgIpc) is 2.89. The number of carbonyl (C=O) groups excluding carboxylic acids is 1. The highest BCUT2D eigenvalue weighted by molar-refractivity contribution is 9.10. The van der Waals surface area contributed by atoms with Gasteiger partial charge in [0.05, 0.1) is 9.37 Å². The SMILES string of the molecule is O=C(COc1ccc(S(=O)(=O)Cl)cc1Br)NC1CCCC1. The lowest BCUT2D eigenvalue weighted by Gasteiger charge is -2.13. The lowest BCUT2D eigenvalue weighted by molar-refractivity contribution is -0.123. The summed E-state index contributed by atoms with van der Waals surface area (Å²) in [6, 6.07) is 4.37. The zero-order valence-electron chi connectivity index (χ0n) is 11.1. The van der Waals surface area contributed by atoms with Crippen molar-refractivity contribution < 1.29 is 17.9 Å². The van der Waals surface area contributed by atoms with Crippen LogP contribution in [-0.2, 0) is 13.8 Å². The summed E-state index contributed by atoms with van der Waals surface area (Å²) in [5.74, 6) is 0.212. The van der Waals surface area contributed by atoms with E-state index in [9.17, 15) is 13.2 Å². The Morgan fingerprint density at radius 1 is 1.38 bits per heavy atom. The van der Waals surface area contributed by atoms with Crippen LogP contribution >= 0.6 is 26.6 Å². The van der Waals surface area contributed by atoms with Gasteiger partial charge in [-0.1, -0.05) is 12.8 Å². The standard InChI is InChI=1S/C13H15BrClNO4S/c14-11-7-10(21(15,18)19)5-6-12(11)20-8-13(17)16-9-3-1-2-4-9/h5-7,9H,1-4,8H2,(H,16,17). The average molecular weight is 397 g/mol. The van der Waals surface area contributed by atoms with E-state index in [-0.39, 0.29) is 23.5 Å². The molecule has 0 unspecified atom stereocenters. The molecule has 2 rings (SSSR count). The summed E-state index contributed by atoms with van der Waals surface area (Å²) in [6.45, 7) is -0.109. The third-order valence-corrected chi connectivity index (χ3v) is 5.24. The second kappa shape index (κ2) is 6.98. The van der Waals surface area contributed by atoms with Crippen LogP contribution < -0.4 is 10.1 Å². The van der Waals surface area contributed by atoms with Crippen LogP contribution in [-0.4, -0.2) is 27.0 Å². The first-order valence-electron chi connectivity index (χ1n) is 6.52. The van der Waals surface area contributed by atoms with Crippen LogP contribution in [0.3, 0.4) is 0 Å². The third kappa shape index (κ3) is 4.86. The number of nitrogens with one attached hydrogen (secondary N) is 1. The van der Waals surface area contributed by atoms with E-state index < -0.39 is 9.05 Å². The van der Waals surface area contributed by atoms with Gasteiger partial charge in [-0.25, -0.2) is 8.42 Å². The van der Waals surface area contributed by atoms with Crippen molar-refractivity contribution >= 4 is 41.6 Å². The number of rotatable bonds is 5. The first kappa shape index (κ1) is 16.6. The normalized spacial score (nSPS) is 15.9. The van der Waals surface area contributed by atoms with Crippen molar-refractivity contribution in [1.29, 1.82) is 0 Å². The maximum Gasteiger partial charge on any atom is 0.261 e. The van der Waals surface area contributed by atoms with Gasteiger partial charge in [-0.3, -0.25) is 4.79 Å². The predicted molar refractivity (Wildman–Crippen MR) is 83.1 cm³/mol. The smallest absolute Gasteiger partial charge is 0.261 e. The van der Waals surface area contributed by atoms with Gasteiger partial charge in [-0.05, 0) is 47.0 Å². The van der Waals surface area contributed by atoms with E-state index in [0.717, 1.165) is 25.7 Å². The number of hydrogen-bond donors (Lipinski definition) is 1. The second-order valence-electron chi connectivity index (χ2n) is 4.87. The molecule has 116 valence electrons. The van der Waals surface area contributed by atoms with Crippen LogP contribution in [0.2, 0.25) is 0 Å². The Balaban J connectivity index is 1.92. The van der Waals surface area contributed by atoms with Gasteiger partial charge in [-0.2, -0.15) is 0 Å². The first-order chi connectivity index (χ1) is 9.86. The molecule has 1 aromatic rings. The Morgan fingerprint density at radius 3 is 2.62 bits per heavy atom. The molecule has 0 aliphatic heterocycles. The summed E-state index contributed by atoms with van der Waals surface area (Å²) in [6.07, 6.45) is 4.31. The number of benzene rings is 1. The molecule has 21 heavy (non-hydrogen) atoms. The van der Waals surface area contributed by atoms with Crippen LogP contribution in [0.15, 0.2) is 27.6 Å². The zero-order chi connectivity index (χ0) is 15.5. The summed E-state index contributed by atoms with van der Waals surface area (Å²) < 4.78 is 28.2. The van der Waals surface area contributed by atoms with Crippen molar-refractivity contribution in [2.75, 3.05) is 6.61 Å². The highest BCUT2D eigenvalue weighted by atomic mass is 79.9. The number of hydrogen-bond acceptors (Lipinski definition) is 4. The van der Waals surface area contributed by atoms with Crippen molar-refractivity contribution in [1.82, 2.24) is 5.32 Å². The summed E-state index contributed by atoms with van der Waals surface area (Å²) in [4.78, 5) is 11.7. The molecule has 1 saturated carbocycles. The second-order valence-corrected chi connectivity index (χ2v) is 8.29. The summed E-state index contributed by atoms with van der Waals surface area (Å²) in [5.41, 5.74) is 0. The predicted octanol–water partition coefficient (Wildman–Crippen LogP) is 2.81. The Kier molecular flexibility index (Phi) is 5.51. The van der Waals surface area contributed by atoms with Gasteiger partial charge in [0.15, 0.2) is 6.61 Å². The molecule has 1 fully saturated rings. The molecule has 1 amide bonds. The summed E-state index contributed by atoms with van der Waals surface area (Å²) in [7, 11) is 1.47. The first-order valence-corrected chi connectivity index (χ1v) is 9.63. The maximum absolute atomic E-state index is 11.7. The van der Waals surface area contributed by atoms with Crippen LogP contribution in [0.5, 0.6) is 5.75 Å². The van der Waals surface area contributed by atoms with Gasteiger partial charge in [0.25, 0.3) is 15.0 Å². The fourth-order valence-corrected chi connectivity index (χ4v) is 3.65. The molecule has 0 spiro atoms. The molecule has 5 nitrogen and oxygen atoms in total. The Morgan fingerprint density at radius 2 is 2.05 bits per heavy atom. The molecule has 0 atom stereocenters. The molecule has 1 N–H and O–H groups in total. The van der Waals surface area contributed by atoms with E-state index in [1.807, 2.05) is 0 Å². The Bertz CT molecular complexity index is 629. The van der Waals surface area contributed by atoms with Gasteiger partial charge < -0.3 is 10.1 Å². The number of halogens is 2. The van der Waals surface area contributed by atoms with Gasteiger partial charge in [0, 0.05) is 16.7 Å². The van der Waals surface area contributed by atoms with Crippen molar-refractivity contribution in [3.8, 4) is 5.75 Å². The number of carbonyl (C=O) groups is 1. The molecule has 1 aromatic carbocycles. The molecule has 0 saturated heterocycles. The molecule has 1 aliphatic rings. The van der Waals surface area contributed by atoms with Crippen LogP contribution in [0, 0.1) is 0 Å². The molecule has 1 aliphatic carbocycles. The van der Waals surface area contributed by atoms with Gasteiger partial charge >= 0.3 is 0 Å². The van der Waals surface area contributed by atoms with E-state index in [2.05, 4.69) is 21.2 Å². The molecule has 0 aromatic heterocycles. The monoisotopic (exact) mass is 395 g/mol. The summed E-state index contributed by atoms with van der Waals surface area (Å²) in [5, 5.41) is 2.91. The van der Waals surface area contributed by atoms with Gasteiger partial charge in [0.1, 0.15) is 5.75 Å². The molecule has 0 radical (unpaired) electrons. The van der Waals surface area contributed by atoms with Crippen LogP contribution in [0.25, 0.3) is 0 Å². The van der Waals surface area contributed by atoms with E-state index in [1.165, 1.54) is 18.2 Å². The minimum atomic E-state index is -3.78. The van der Waals surface area contributed by atoms with Gasteiger partial charge in [0.2, 0.25) is 0 Å². The molecule has 0 heterocycles. The number of amides is 1. The maximum atomic E-state index is 11.7. The minimum Gasteiger partial charge on any atom is -0.483 e. The molecular formula is C13H15BrClNO4S. The molecular weight excluding hydrogens is 382 g/mol. The fraction of sp³-hybridized carbons (Fsp3) is 0.462. The van der Waals surface area contributed by atoms with E-state index in [1.54, 1.807) is 0 Å². The van der Waals surface area contributed by atoms with Crippen molar-refractivity contribution in [2.24, 2.45) is 0 Å². The van der Waals surface area contributed by atoms with E-state index >= 15 is 0 Å². The molecule has 8 heteroatoms. The van der Waals surface area contributed by atoms with Gasteiger partial charge in [-0.15, -0.1) is 0 Å². The Hall–Kier alpha value is -0.790. The van der Waals surface area contributed by atoms with Crippen molar-refractivity contribution in [3.63, 3.8) is 0 Å². The van der Waals surface area contributed by atoms with Crippen molar-refractivity contribution in [2.45, 2.75) is 36.6 Å². The van der Waals surface area contributed by atoms with E-state index in [4.69, 9.17) is 15.4 Å². The van der Waals surface area contributed by atoms with E-state index in [0.29, 0.717) is 10.2 Å². The number of ether oxygens (including phenoxy) is 1. The summed E-state index contributed by atoms with van der Waals surface area (Å²) >= 11 is 3.20. The highest BCUT2D eigenvalue weighted by Gasteiger charge is 2.18. The topological polar surface area (TPSA) is 72.5 Å². The largest absolute Gasteiger partial charge is 0.483 e. The van der Waals surface area contributed by atoms with Crippen molar-refractivity contribution in [3.05, 3.63) is 22.7 Å². The highest BCUT2D eigenvalue weighted by Crippen LogP contribution is 2.29. The quantitative estimate of drug-likeness (QED) is 0.777. The lowest BCUT2D eigenvalue weighted by atomic mass is 10.2. The minimum absolute atomic E-state index is 0.0289. The van der Waals surface area contributed by atoms with Crippen LogP contribution in [0.1, 0.15) is 25.7 Å². The third-order valence-electron chi connectivity index (χ3n) is 3.26. The van der Waals surface area contributed by atoms with Crippen LogP contribution in [0.4, 0.5) is 0 Å². The fourth-order valence-electron chi connectivity index (χ4n) is 2.23. The Labute approximate surface area is 136 Å². The zero-order valence-corrected chi connectivity index (χ0v) is 14.3.